The molecule has 0 saturated carbocycles. The van der Waals surface area contributed by atoms with Crippen LogP contribution >= 0.6 is 0 Å². The molecule has 0 aromatic rings. The molecule has 0 spiro atoms. The number of nitrogens with one attached hydrogen (secondary N) is 1. The lowest BCUT2D eigenvalue weighted by molar-refractivity contribution is -0.140. The zero-order valence-corrected chi connectivity index (χ0v) is 10.8. The van der Waals surface area contributed by atoms with E-state index in [0.29, 0.717) is 0 Å². The second-order valence-corrected chi connectivity index (χ2v) is 4.30. The Morgan fingerprint density at radius 3 is 1.79 bits per heavy atom. The Balaban J connectivity index is 4.83. The molecule has 0 radical (unpaired) electrons. The molecule has 0 aliphatic carbocycles. The Morgan fingerprint density at radius 2 is 1.53 bits per heavy atom. The van der Waals surface area contributed by atoms with Crippen molar-refractivity contribution < 1.29 is 24.3 Å². The second-order valence-electron chi connectivity index (χ2n) is 4.30. The normalized spacial score (nSPS) is 11.7. The molecule has 108 valence electrons. The number of nitrogens with two attached hydrogens (primary N) is 2. The van der Waals surface area contributed by atoms with E-state index >= 15 is 0 Å². The van der Waals surface area contributed by atoms with E-state index in [0.717, 1.165) is 4.90 Å². The third-order valence-corrected chi connectivity index (χ3v) is 2.19. The molecule has 0 aliphatic heterocycles. The third-order valence-electron chi connectivity index (χ3n) is 2.19. The van der Waals surface area contributed by atoms with E-state index in [-0.39, 0.29) is 5.92 Å². The predicted molar refractivity (Wildman–Crippen MR) is 64.8 cm³/mol. The SMILES string of the molecule is CC(C)[C@H](NC(=O)N(CC(N)=O)CC(N)=O)C(=O)O. The molecule has 0 heterocycles. The maximum absolute atomic E-state index is 11.8. The van der Waals surface area contributed by atoms with Gasteiger partial charge in [0.1, 0.15) is 19.1 Å². The van der Waals surface area contributed by atoms with Crippen LogP contribution in [-0.4, -0.2) is 53.0 Å². The molecule has 19 heavy (non-hydrogen) atoms. The summed E-state index contributed by atoms with van der Waals surface area (Å²) in [7, 11) is 0. The number of rotatable bonds is 7. The number of primary amides is 2. The molecule has 0 aliphatic rings. The minimum atomic E-state index is -1.22. The first kappa shape index (κ1) is 16.7. The van der Waals surface area contributed by atoms with Crippen LogP contribution in [0, 0.1) is 5.92 Å². The van der Waals surface area contributed by atoms with Crippen LogP contribution < -0.4 is 16.8 Å². The van der Waals surface area contributed by atoms with Gasteiger partial charge in [-0.25, -0.2) is 9.59 Å². The number of carbonyl (C=O) groups is 4. The van der Waals surface area contributed by atoms with Gasteiger partial charge < -0.3 is 26.8 Å². The van der Waals surface area contributed by atoms with Gasteiger partial charge in [-0.2, -0.15) is 0 Å². The first-order valence-electron chi connectivity index (χ1n) is 5.50. The van der Waals surface area contributed by atoms with Gasteiger partial charge in [-0.15, -0.1) is 0 Å². The predicted octanol–water partition coefficient (Wildman–Crippen LogP) is -1.92. The van der Waals surface area contributed by atoms with E-state index in [1.54, 1.807) is 13.8 Å². The zero-order valence-electron chi connectivity index (χ0n) is 10.8. The number of hydrogen-bond donors (Lipinski definition) is 4. The molecule has 0 saturated heterocycles. The lowest BCUT2D eigenvalue weighted by atomic mass is 10.1. The van der Waals surface area contributed by atoms with Crippen molar-refractivity contribution in [3.05, 3.63) is 0 Å². The summed E-state index contributed by atoms with van der Waals surface area (Å²) < 4.78 is 0. The molecule has 1 atom stereocenters. The first-order valence-corrected chi connectivity index (χ1v) is 5.50. The number of carboxylic acid groups (broad SMARTS) is 1. The fourth-order valence-electron chi connectivity index (χ4n) is 1.31. The second kappa shape index (κ2) is 7.19. The van der Waals surface area contributed by atoms with Gasteiger partial charge in [0.15, 0.2) is 0 Å². The van der Waals surface area contributed by atoms with Crippen molar-refractivity contribution in [1.29, 1.82) is 0 Å². The van der Waals surface area contributed by atoms with Crippen molar-refractivity contribution >= 4 is 23.8 Å². The van der Waals surface area contributed by atoms with Gasteiger partial charge in [0.05, 0.1) is 0 Å². The molecular formula is C10H18N4O5. The molecule has 0 bridgehead atoms. The highest BCUT2D eigenvalue weighted by molar-refractivity contribution is 5.89. The average Bonchev–Trinajstić information content (AvgIpc) is 2.22. The highest BCUT2D eigenvalue weighted by atomic mass is 16.4. The molecule has 9 heteroatoms. The Bertz CT molecular complexity index is 366. The number of aliphatic carboxylic acids is 1. The molecule has 0 unspecified atom stereocenters. The third kappa shape index (κ3) is 6.24. The number of hydrogen-bond acceptors (Lipinski definition) is 4. The Morgan fingerprint density at radius 1 is 1.11 bits per heavy atom. The Kier molecular flexibility index (Phi) is 6.31. The highest BCUT2D eigenvalue weighted by Gasteiger charge is 2.27. The van der Waals surface area contributed by atoms with Gasteiger partial charge in [-0.1, -0.05) is 13.8 Å². The highest BCUT2D eigenvalue weighted by Crippen LogP contribution is 2.03. The summed E-state index contributed by atoms with van der Waals surface area (Å²) in [5, 5.41) is 11.1. The summed E-state index contributed by atoms with van der Waals surface area (Å²) in [5.41, 5.74) is 9.86. The van der Waals surface area contributed by atoms with Crippen molar-refractivity contribution in [2.75, 3.05) is 13.1 Å². The number of nitrogens with zero attached hydrogens (tertiary/aromatic N) is 1. The van der Waals surface area contributed by atoms with E-state index in [1.807, 2.05) is 0 Å². The summed E-state index contributed by atoms with van der Waals surface area (Å²) in [6.07, 6.45) is 0. The van der Waals surface area contributed by atoms with Gasteiger partial charge in [0.25, 0.3) is 0 Å². The zero-order chi connectivity index (χ0) is 15.2. The molecule has 4 amide bonds. The fourth-order valence-corrected chi connectivity index (χ4v) is 1.31. The first-order chi connectivity index (χ1) is 8.65. The van der Waals surface area contributed by atoms with Crippen LogP contribution in [0.4, 0.5) is 4.79 Å². The van der Waals surface area contributed by atoms with Gasteiger partial charge in [-0.05, 0) is 5.92 Å². The molecule has 0 aromatic heterocycles. The van der Waals surface area contributed by atoms with Crippen LogP contribution in [0.2, 0.25) is 0 Å². The van der Waals surface area contributed by atoms with Crippen molar-refractivity contribution in [1.82, 2.24) is 10.2 Å². The van der Waals surface area contributed by atoms with Crippen LogP contribution in [0.3, 0.4) is 0 Å². The van der Waals surface area contributed by atoms with Gasteiger partial charge >= 0.3 is 12.0 Å². The lowest BCUT2D eigenvalue weighted by Gasteiger charge is -2.24. The van der Waals surface area contributed by atoms with E-state index in [2.05, 4.69) is 5.32 Å². The summed E-state index contributed by atoms with van der Waals surface area (Å²) in [6.45, 7) is 2.15. The monoisotopic (exact) mass is 274 g/mol. The van der Waals surface area contributed by atoms with Gasteiger partial charge in [0, 0.05) is 0 Å². The Hall–Kier alpha value is -2.32. The van der Waals surface area contributed by atoms with E-state index < -0.39 is 42.9 Å². The van der Waals surface area contributed by atoms with Crippen molar-refractivity contribution in [3.8, 4) is 0 Å². The van der Waals surface area contributed by atoms with E-state index in [4.69, 9.17) is 16.6 Å². The van der Waals surface area contributed by atoms with Crippen LogP contribution in [0.1, 0.15) is 13.8 Å². The number of carboxylic acids is 1. The standard InChI is InChI=1S/C10H18N4O5/c1-5(2)8(9(17)18)13-10(19)14(3-6(11)15)4-7(12)16/h5,8H,3-4H2,1-2H3,(H2,11,15)(H2,12,16)(H,13,19)(H,17,18)/t8-/m0/s1. The molecular weight excluding hydrogens is 256 g/mol. The number of urea groups is 1. The van der Waals surface area contributed by atoms with Crippen molar-refractivity contribution in [2.45, 2.75) is 19.9 Å². The molecule has 0 aromatic carbocycles. The number of amides is 4. The van der Waals surface area contributed by atoms with Crippen LogP contribution in [0.15, 0.2) is 0 Å². The maximum Gasteiger partial charge on any atom is 0.326 e. The average molecular weight is 274 g/mol. The summed E-state index contributed by atoms with van der Waals surface area (Å²) >= 11 is 0. The minimum absolute atomic E-state index is 0.370. The van der Waals surface area contributed by atoms with Crippen molar-refractivity contribution in [2.24, 2.45) is 17.4 Å². The lowest BCUT2D eigenvalue weighted by Crippen LogP contribution is -2.53. The smallest absolute Gasteiger partial charge is 0.326 e. The summed E-state index contributed by atoms with van der Waals surface area (Å²) in [6, 6.07) is -2.03. The molecule has 6 N–H and O–H groups in total. The fraction of sp³-hybridized carbons (Fsp3) is 0.600. The van der Waals surface area contributed by atoms with Gasteiger partial charge in [0.2, 0.25) is 11.8 Å². The van der Waals surface area contributed by atoms with Crippen LogP contribution in [0.5, 0.6) is 0 Å². The minimum Gasteiger partial charge on any atom is -0.480 e. The Labute approximate surface area is 109 Å². The quantitative estimate of drug-likeness (QED) is 0.425. The maximum atomic E-state index is 11.8. The summed E-state index contributed by atoms with van der Waals surface area (Å²) in [5.74, 6) is -3.27. The number of carbonyl (C=O) groups excluding carboxylic acids is 3. The van der Waals surface area contributed by atoms with Crippen LogP contribution in [-0.2, 0) is 14.4 Å². The molecule has 0 rings (SSSR count). The van der Waals surface area contributed by atoms with E-state index in [1.165, 1.54) is 0 Å². The largest absolute Gasteiger partial charge is 0.480 e. The van der Waals surface area contributed by atoms with Gasteiger partial charge in [-0.3, -0.25) is 9.59 Å². The van der Waals surface area contributed by atoms with E-state index in [9.17, 15) is 19.2 Å². The topological polar surface area (TPSA) is 156 Å². The van der Waals surface area contributed by atoms with Crippen molar-refractivity contribution in [3.63, 3.8) is 0 Å². The van der Waals surface area contributed by atoms with Crippen LogP contribution in [0.25, 0.3) is 0 Å². The molecule has 9 nitrogen and oxygen atoms in total. The molecule has 0 fully saturated rings. The summed E-state index contributed by atoms with van der Waals surface area (Å²) in [4.78, 5) is 45.0.